The molecule has 0 bridgehead atoms. The Morgan fingerprint density at radius 1 is 1.47 bits per heavy atom. The van der Waals surface area contributed by atoms with Gasteiger partial charge < -0.3 is 5.73 Å². The van der Waals surface area contributed by atoms with Gasteiger partial charge in [0.1, 0.15) is 11.5 Å². The number of aromatic nitrogens is 5. The molecule has 0 aromatic carbocycles. The van der Waals surface area contributed by atoms with Crippen LogP contribution in [0.4, 0.5) is 5.82 Å². The maximum Gasteiger partial charge on any atom is 0.252 e. The van der Waals surface area contributed by atoms with Crippen LogP contribution >= 0.6 is 0 Å². The Morgan fingerprint density at radius 3 is 2.87 bits per heavy atom. The topological polar surface area (TPSA) is 99.6 Å². The first-order valence-electron chi connectivity index (χ1n) is 4.18. The number of carbonyl (C=O) groups is 1. The average molecular weight is 204 g/mol. The molecule has 76 valence electrons. The summed E-state index contributed by atoms with van der Waals surface area (Å²) in [6.07, 6.45) is 0. The summed E-state index contributed by atoms with van der Waals surface area (Å²) in [5, 5.41) is 10.9. The number of hydrogen-bond donors (Lipinski definition) is 1. The van der Waals surface area contributed by atoms with Gasteiger partial charge in [-0.1, -0.05) is 6.07 Å². The van der Waals surface area contributed by atoms with E-state index in [1.807, 2.05) is 0 Å². The predicted molar refractivity (Wildman–Crippen MR) is 50.9 cm³/mol. The van der Waals surface area contributed by atoms with E-state index in [2.05, 4.69) is 20.4 Å². The van der Waals surface area contributed by atoms with Crippen LogP contribution < -0.4 is 5.73 Å². The third-order valence-corrected chi connectivity index (χ3v) is 1.71. The lowest BCUT2D eigenvalue weighted by molar-refractivity contribution is 0.102. The molecule has 0 radical (unpaired) electrons. The van der Waals surface area contributed by atoms with Gasteiger partial charge in [-0.25, -0.2) is 4.98 Å². The van der Waals surface area contributed by atoms with E-state index in [0.29, 0.717) is 0 Å². The summed E-state index contributed by atoms with van der Waals surface area (Å²) in [6.45, 7) is 0. The quantitative estimate of drug-likeness (QED) is 0.657. The van der Waals surface area contributed by atoms with Crippen molar-refractivity contribution in [2.24, 2.45) is 7.05 Å². The van der Waals surface area contributed by atoms with Gasteiger partial charge in [0.2, 0.25) is 5.82 Å². The summed E-state index contributed by atoms with van der Waals surface area (Å²) in [7, 11) is 1.58. The van der Waals surface area contributed by atoms with Crippen LogP contribution in [0.15, 0.2) is 18.2 Å². The SMILES string of the molecule is Cn1nnc(C(=O)c2cccc(N)n2)n1. The molecule has 0 unspecified atom stereocenters. The van der Waals surface area contributed by atoms with Gasteiger partial charge in [0.25, 0.3) is 5.78 Å². The molecule has 0 aliphatic rings. The number of carbonyl (C=O) groups excluding carboxylic acids is 1. The van der Waals surface area contributed by atoms with Crippen molar-refractivity contribution < 1.29 is 4.79 Å². The van der Waals surface area contributed by atoms with Crippen molar-refractivity contribution in [1.82, 2.24) is 25.2 Å². The van der Waals surface area contributed by atoms with Gasteiger partial charge in [0.15, 0.2) is 0 Å². The monoisotopic (exact) mass is 204 g/mol. The third-order valence-electron chi connectivity index (χ3n) is 1.71. The van der Waals surface area contributed by atoms with Crippen molar-refractivity contribution in [3.8, 4) is 0 Å². The van der Waals surface area contributed by atoms with Crippen LogP contribution in [0, 0.1) is 0 Å². The zero-order valence-corrected chi connectivity index (χ0v) is 7.95. The third kappa shape index (κ3) is 1.80. The minimum atomic E-state index is -0.393. The summed E-state index contributed by atoms with van der Waals surface area (Å²) in [4.78, 5) is 16.8. The Hall–Kier alpha value is -2.31. The highest BCUT2D eigenvalue weighted by Gasteiger charge is 2.15. The fourth-order valence-corrected chi connectivity index (χ4v) is 1.07. The first kappa shape index (κ1) is 9.25. The molecule has 2 heterocycles. The number of nitrogens with two attached hydrogens (primary N) is 1. The molecule has 0 aliphatic heterocycles. The number of ketones is 1. The van der Waals surface area contributed by atoms with Gasteiger partial charge >= 0.3 is 0 Å². The minimum Gasteiger partial charge on any atom is -0.384 e. The molecule has 2 rings (SSSR count). The zero-order valence-electron chi connectivity index (χ0n) is 7.95. The lowest BCUT2D eigenvalue weighted by Crippen LogP contribution is -2.08. The van der Waals surface area contributed by atoms with Gasteiger partial charge in [-0.15, -0.1) is 10.2 Å². The van der Waals surface area contributed by atoms with Gasteiger partial charge in [-0.05, 0) is 17.3 Å². The summed E-state index contributed by atoms with van der Waals surface area (Å²) in [5.74, 6) is -0.101. The van der Waals surface area contributed by atoms with E-state index in [4.69, 9.17) is 5.73 Å². The molecule has 7 nitrogen and oxygen atoms in total. The number of anilines is 1. The molecule has 0 aliphatic carbocycles. The Bertz CT molecular complexity index is 505. The van der Waals surface area contributed by atoms with E-state index in [1.54, 1.807) is 25.2 Å². The molecule has 0 spiro atoms. The lowest BCUT2D eigenvalue weighted by atomic mass is 10.2. The Morgan fingerprint density at radius 2 is 2.27 bits per heavy atom. The minimum absolute atomic E-state index is 0.00981. The maximum absolute atomic E-state index is 11.7. The molecule has 0 amide bonds. The number of tetrazole rings is 1. The fourth-order valence-electron chi connectivity index (χ4n) is 1.07. The molecule has 2 aromatic rings. The molecule has 0 saturated heterocycles. The fraction of sp³-hybridized carbons (Fsp3) is 0.125. The molecule has 0 saturated carbocycles. The standard InChI is InChI=1S/C8H8N6O/c1-14-12-8(11-13-14)7(15)5-3-2-4-6(9)10-5/h2-4H,1H3,(H2,9,10). The van der Waals surface area contributed by atoms with Crippen LogP contribution in [0.25, 0.3) is 0 Å². The van der Waals surface area contributed by atoms with Crippen LogP contribution in [0.5, 0.6) is 0 Å². The van der Waals surface area contributed by atoms with Crippen molar-refractivity contribution in [2.45, 2.75) is 0 Å². The smallest absolute Gasteiger partial charge is 0.252 e. The zero-order chi connectivity index (χ0) is 10.8. The molecule has 7 heteroatoms. The van der Waals surface area contributed by atoms with Crippen molar-refractivity contribution in [1.29, 1.82) is 0 Å². The van der Waals surface area contributed by atoms with E-state index in [0.717, 1.165) is 0 Å². The number of nitrogen functional groups attached to an aromatic ring is 1. The second-order valence-electron chi connectivity index (χ2n) is 2.88. The Balaban J connectivity index is 2.36. The molecule has 15 heavy (non-hydrogen) atoms. The van der Waals surface area contributed by atoms with E-state index in [-0.39, 0.29) is 17.3 Å². The summed E-state index contributed by atoms with van der Waals surface area (Å²) < 4.78 is 0. The van der Waals surface area contributed by atoms with Crippen LogP contribution in [-0.2, 0) is 7.05 Å². The van der Waals surface area contributed by atoms with Crippen LogP contribution in [-0.4, -0.2) is 31.0 Å². The van der Waals surface area contributed by atoms with Crippen molar-refractivity contribution in [3.05, 3.63) is 29.7 Å². The molecular weight excluding hydrogens is 196 g/mol. The van der Waals surface area contributed by atoms with E-state index < -0.39 is 5.78 Å². The van der Waals surface area contributed by atoms with E-state index in [1.165, 1.54) is 4.80 Å². The Kier molecular flexibility index (Phi) is 2.13. The average Bonchev–Trinajstić information content (AvgIpc) is 2.64. The second-order valence-corrected chi connectivity index (χ2v) is 2.88. The molecule has 0 atom stereocenters. The van der Waals surface area contributed by atoms with Gasteiger partial charge in [-0.3, -0.25) is 4.79 Å². The summed E-state index contributed by atoms with van der Waals surface area (Å²) >= 11 is 0. The molecule has 0 fully saturated rings. The Labute approximate surface area is 84.9 Å². The van der Waals surface area contributed by atoms with Crippen LogP contribution in [0.1, 0.15) is 16.3 Å². The molecule has 2 aromatic heterocycles. The van der Waals surface area contributed by atoms with Gasteiger partial charge in [0, 0.05) is 0 Å². The first-order valence-corrected chi connectivity index (χ1v) is 4.18. The summed E-state index contributed by atoms with van der Waals surface area (Å²) in [6, 6.07) is 4.79. The summed E-state index contributed by atoms with van der Waals surface area (Å²) in [5.41, 5.74) is 5.67. The molecule has 2 N–H and O–H groups in total. The number of pyridine rings is 1. The van der Waals surface area contributed by atoms with Gasteiger partial charge in [-0.2, -0.15) is 4.80 Å². The largest absolute Gasteiger partial charge is 0.384 e. The van der Waals surface area contributed by atoms with Crippen molar-refractivity contribution in [2.75, 3.05) is 5.73 Å². The first-order chi connectivity index (χ1) is 7.16. The van der Waals surface area contributed by atoms with Gasteiger partial charge in [0.05, 0.1) is 7.05 Å². The van der Waals surface area contributed by atoms with E-state index >= 15 is 0 Å². The highest BCUT2D eigenvalue weighted by Crippen LogP contribution is 2.04. The van der Waals surface area contributed by atoms with Crippen molar-refractivity contribution in [3.63, 3.8) is 0 Å². The lowest BCUT2D eigenvalue weighted by Gasteiger charge is -1.96. The maximum atomic E-state index is 11.7. The highest BCUT2D eigenvalue weighted by molar-refractivity contribution is 6.05. The van der Waals surface area contributed by atoms with Crippen molar-refractivity contribution >= 4 is 11.6 Å². The highest BCUT2D eigenvalue weighted by atomic mass is 16.1. The second kappa shape index (κ2) is 3.45. The number of hydrogen-bond acceptors (Lipinski definition) is 6. The predicted octanol–water partition coefficient (Wildman–Crippen LogP) is -0.582. The number of rotatable bonds is 2. The van der Waals surface area contributed by atoms with E-state index in [9.17, 15) is 4.79 Å². The van der Waals surface area contributed by atoms with Crippen LogP contribution in [0.2, 0.25) is 0 Å². The van der Waals surface area contributed by atoms with Crippen LogP contribution in [0.3, 0.4) is 0 Å². The molecular formula is C8H8N6O. The normalized spacial score (nSPS) is 10.2. The number of aryl methyl sites for hydroxylation is 1. The number of nitrogens with zero attached hydrogens (tertiary/aromatic N) is 5.